The van der Waals surface area contributed by atoms with E-state index in [0.29, 0.717) is 13.0 Å². The van der Waals surface area contributed by atoms with Gasteiger partial charge >= 0.3 is 5.97 Å². The fraction of sp³-hybridized carbons (Fsp3) is 0.857. The maximum Gasteiger partial charge on any atom is 0.310 e. The van der Waals surface area contributed by atoms with E-state index in [1.165, 1.54) is 0 Å². The average molecular weight is 159 g/mol. The number of likely N-dealkylation sites (tertiary alicyclic amines) is 1. The second-order valence-corrected chi connectivity index (χ2v) is 3.06. The Morgan fingerprint density at radius 1 is 1.64 bits per heavy atom. The van der Waals surface area contributed by atoms with Crippen molar-refractivity contribution >= 4 is 5.97 Å². The van der Waals surface area contributed by atoms with Crippen LogP contribution in [0.1, 0.15) is 6.42 Å². The minimum atomic E-state index is -0.899. The molecule has 0 spiro atoms. The van der Waals surface area contributed by atoms with Crippen molar-refractivity contribution in [1.82, 2.24) is 4.90 Å². The van der Waals surface area contributed by atoms with Crippen molar-refractivity contribution in [2.24, 2.45) is 5.92 Å². The molecule has 1 heterocycles. The van der Waals surface area contributed by atoms with Crippen LogP contribution in [-0.4, -0.2) is 47.3 Å². The summed E-state index contributed by atoms with van der Waals surface area (Å²) < 4.78 is 0. The maximum atomic E-state index is 10.5. The highest BCUT2D eigenvalue weighted by Crippen LogP contribution is 2.15. The summed E-state index contributed by atoms with van der Waals surface area (Å²) >= 11 is 0. The van der Waals surface area contributed by atoms with Crippen LogP contribution in [-0.2, 0) is 4.79 Å². The number of carboxylic acids is 1. The second kappa shape index (κ2) is 3.19. The molecule has 4 nitrogen and oxygen atoms in total. The van der Waals surface area contributed by atoms with E-state index in [1.54, 1.807) is 0 Å². The van der Waals surface area contributed by atoms with Crippen molar-refractivity contribution in [3.05, 3.63) is 0 Å². The summed E-state index contributed by atoms with van der Waals surface area (Å²) in [6.45, 7) is 1.24. The molecule has 1 aliphatic rings. The molecule has 0 aromatic heterocycles. The molecule has 0 amide bonds. The number of carbonyl (C=O) groups is 1. The lowest BCUT2D eigenvalue weighted by Gasteiger charge is -2.31. The van der Waals surface area contributed by atoms with Crippen LogP contribution < -0.4 is 0 Å². The predicted molar refractivity (Wildman–Crippen MR) is 39.2 cm³/mol. The number of hydrogen-bond acceptors (Lipinski definition) is 3. The fourth-order valence-corrected chi connectivity index (χ4v) is 1.35. The molecule has 1 fully saturated rings. The lowest BCUT2D eigenvalue weighted by Crippen LogP contribution is -2.44. The van der Waals surface area contributed by atoms with Crippen molar-refractivity contribution in [3.8, 4) is 0 Å². The van der Waals surface area contributed by atoms with Crippen LogP contribution in [0.4, 0.5) is 0 Å². The summed E-state index contributed by atoms with van der Waals surface area (Å²) in [6.07, 6.45) is -0.100. The summed E-state index contributed by atoms with van der Waals surface area (Å²) in [7, 11) is 1.86. The van der Waals surface area contributed by atoms with Crippen molar-refractivity contribution < 1.29 is 15.0 Å². The van der Waals surface area contributed by atoms with E-state index in [1.807, 2.05) is 11.9 Å². The third-order valence-corrected chi connectivity index (χ3v) is 2.10. The highest BCUT2D eigenvalue weighted by atomic mass is 16.4. The third kappa shape index (κ3) is 1.91. The van der Waals surface area contributed by atoms with Gasteiger partial charge in [0, 0.05) is 13.1 Å². The van der Waals surface area contributed by atoms with E-state index in [0.717, 1.165) is 6.54 Å². The van der Waals surface area contributed by atoms with Gasteiger partial charge in [0.05, 0.1) is 12.0 Å². The van der Waals surface area contributed by atoms with Gasteiger partial charge in [-0.25, -0.2) is 0 Å². The molecule has 0 aliphatic carbocycles. The summed E-state index contributed by atoms with van der Waals surface area (Å²) in [4.78, 5) is 12.4. The van der Waals surface area contributed by atoms with Crippen molar-refractivity contribution in [1.29, 1.82) is 0 Å². The second-order valence-electron chi connectivity index (χ2n) is 3.06. The van der Waals surface area contributed by atoms with E-state index in [9.17, 15) is 9.90 Å². The van der Waals surface area contributed by atoms with Crippen LogP contribution in [0.25, 0.3) is 0 Å². The molecule has 2 atom stereocenters. The Labute approximate surface area is 65.4 Å². The van der Waals surface area contributed by atoms with Gasteiger partial charge in [0.15, 0.2) is 0 Å². The fourth-order valence-electron chi connectivity index (χ4n) is 1.35. The molecule has 0 bridgehead atoms. The van der Waals surface area contributed by atoms with Gasteiger partial charge in [-0.3, -0.25) is 4.79 Å². The number of nitrogens with zero attached hydrogens (tertiary/aromatic N) is 1. The molecule has 11 heavy (non-hydrogen) atoms. The molecule has 1 aliphatic heterocycles. The van der Waals surface area contributed by atoms with Gasteiger partial charge in [-0.1, -0.05) is 0 Å². The predicted octanol–water partition coefficient (Wildman–Crippen LogP) is -0.616. The van der Waals surface area contributed by atoms with Crippen molar-refractivity contribution in [2.45, 2.75) is 12.5 Å². The highest BCUT2D eigenvalue weighted by molar-refractivity contribution is 5.71. The molecule has 1 rings (SSSR count). The smallest absolute Gasteiger partial charge is 0.310 e. The molecule has 1 saturated heterocycles. The zero-order valence-electron chi connectivity index (χ0n) is 6.53. The minimum absolute atomic E-state index is 0.455. The summed E-state index contributed by atoms with van der Waals surface area (Å²) in [5.41, 5.74) is 0. The van der Waals surface area contributed by atoms with E-state index in [4.69, 9.17) is 5.11 Å². The first-order chi connectivity index (χ1) is 5.11. The lowest BCUT2D eigenvalue weighted by molar-refractivity contribution is -0.148. The summed E-state index contributed by atoms with van der Waals surface area (Å²) in [5, 5.41) is 17.9. The summed E-state index contributed by atoms with van der Waals surface area (Å²) in [6, 6.07) is 0. The van der Waals surface area contributed by atoms with Gasteiger partial charge in [0.2, 0.25) is 0 Å². The van der Waals surface area contributed by atoms with Gasteiger partial charge in [-0.05, 0) is 13.5 Å². The molecular formula is C7H13NO3. The third-order valence-electron chi connectivity index (χ3n) is 2.10. The largest absolute Gasteiger partial charge is 0.481 e. The quantitative estimate of drug-likeness (QED) is 0.535. The van der Waals surface area contributed by atoms with Crippen molar-refractivity contribution in [2.75, 3.05) is 20.1 Å². The van der Waals surface area contributed by atoms with Gasteiger partial charge in [0.1, 0.15) is 0 Å². The Hall–Kier alpha value is -0.610. The Balaban J connectivity index is 2.54. The number of carboxylic acid groups (broad SMARTS) is 1. The van der Waals surface area contributed by atoms with E-state index in [2.05, 4.69) is 0 Å². The normalized spacial score (nSPS) is 33.6. The van der Waals surface area contributed by atoms with Crippen LogP contribution in [0.3, 0.4) is 0 Å². The molecule has 2 N–H and O–H groups in total. The van der Waals surface area contributed by atoms with E-state index >= 15 is 0 Å². The number of aliphatic hydroxyl groups excluding tert-OH is 1. The van der Waals surface area contributed by atoms with Crippen LogP contribution in [0.5, 0.6) is 0 Å². The Morgan fingerprint density at radius 3 is 2.73 bits per heavy atom. The van der Waals surface area contributed by atoms with Gasteiger partial charge < -0.3 is 15.1 Å². The topological polar surface area (TPSA) is 60.8 Å². The zero-order valence-corrected chi connectivity index (χ0v) is 6.53. The van der Waals surface area contributed by atoms with Crippen LogP contribution in [0.2, 0.25) is 0 Å². The first-order valence-electron chi connectivity index (χ1n) is 3.70. The number of aliphatic carboxylic acids is 1. The first kappa shape index (κ1) is 8.49. The van der Waals surface area contributed by atoms with Crippen LogP contribution in [0, 0.1) is 5.92 Å². The van der Waals surface area contributed by atoms with Crippen molar-refractivity contribution in [3.63, 3.8) is 0 Å². The Kier molecular flexibility index (Phi) is 2.46. The lowest BCUT2D eigenvalue weighted by atomic mass is 9.95. The first-order valence-corrected chi connectivity index (χ1v) is 3.70. The number of piperidine rings is 1. The molecular weight excluding hydrogens is 146 g/mol. The monoisotopic (exact) mass is 159 g/mol. The SMILES string of the molecule is CN1CC[C@@H](O)[C@H](C(=O)O)C1. The maximum absolute atomic E-state index is 10.5. The Morgan fingerprint density at radius 2 is 2.27 bits per heavy atom. The molecule has 0 radical (unpaired) electrons. The average Bonchev–Trinajstić information content (AvgIpc) is 1.94. The van der Waals surface area contributed by atoms with Crippen LogP contribution in [0.15, 0.2) is 0 Å². The number of rotatable bonds is 1. The molecule has 64 valence electrons. The Bertz CT molecular complexity index is 160. The van der Waals surface area contributed by atoms with Gasteiger partial charge in [-0.2, -0.15) is 0 Å². The molecule has 0 saturated carbocycles. The minimum Gasteiger partial charge on any atom is -0.481 e. The number of aliphatic hydroxyl groups is 1. The molecule has 0 unspecified atom stereocenters. The molecule has 0 aromatic rings. The highest BCUT2D eigenvalue weighted by Gasteiger charge is 2.31. The van der Waals surface area contributed by atoms with Crippen LogP contribution >= 0.6 is 0 Å². The molecule has 0 aromatic carbocycles. The van der Waals surface area contributed by atoms with E-state index < -0.39 is 18.0 Å². The van der Waals surface area contributed by atoms with Gasteiger partial charge in [-0.15, -0.1) is 0 Å². The zero-order chi connectivity index (χ0) is 8.43. The standard InChI is InChI=1S/C7H13NO3/c1-8-3-2-6(9)5(4-8)7(10)11/h5-6,9H,2-4H2,1H3,(H,10,11)/t5-,6-/m1/s1. The summed E-state index contributed by atoms with van der Waals surface area (Å²) in [5.74, 6) is -1.50. The van der Waals surface area contributed by atoms with E-state index in [-0.39, 0.29) is 0 Å². The number of hydrogen-bond donors (Lipinski definition) is 2. The van der Waals surface area contributed by atoms with Gasteiger partial charge in [0.25, 0.3) is 0 Å². The molecule has 4 heteroatoms.